The Hall–Kier alpha value is -3.69. The summed E-state index contributed by atoms with van der Waals surface area (Å²) in [6.45, 7) is 3.09. The molecule has 10 heteroatoms. The SMILES string of the molecule is Cc1cc2nc(C(F)F)cc(=O)n2nc1N1CCc2ncc(-c3ccnn3C)cc2C1. The van der Waals surface area contributed by atoms with Crippen molar-refractivity contribution in [1.29, 1.82) is 0 Å². The van der Waals surface area contributed by atoms with Gasteiger partial charge in [-0.05, 0) is 36.2 Å². The van der Waals surface area contributed by atoms with Gasteiger partial charge in [-0.2, -0.15) is 9.61 Å². The standard InChI is InChI=1S/C21H19F2N7O/c1-12-7-18-26-16(20(22)23)9-19(31)30(18)27-21(12)29-6-4-15-14(11-29)8-13(10-24-15)17-3-5-25-28(17)2/h3,5,7-10,20H,4,6,11H2,1-2H3. The molecule has 4 aromatic heterocycles. The van der Waals surface area contributed by atoms with Crippen molar-refractivity contribution in [3.8, 4) is 11.3 Å². The zero-order chi connectivity index (χ0) is 21.7. The number of pyridine rings is 1. The van der Waals surface area contributed by atoms with Gasteiger partial charge in [-0.15, -0.1) is 5.10 Å². The highest BCUT2D eigenvalue weighted by Crippen LogP contribution is 2.28. The number of hydrogen-bond donors (Lipinski definition) is 0. The summed E-state index contributed by atoms with van der Waals surface area (Å²) in [4.78, 5) is 22.9. The normalized spacial score (nSPS) is 13.8. The summed E-state index contributed by atoms with van der Waals surface area (Å²) in [5.41, 5.74) is 3.76. The molecule has 0 atom stereocenters. The Bertz CT molecular complexity index is 1360. The summed E-state index contributed by atoms with van der Waals surface area (Å²) < 4.78 is 28.9. The van der Waals surface area contributed by atoms with Gasteiger partial charge in [0.15, 0.2) is 11.5 Å². The highest BCUT2D eigenvalue weighted by atomic mass is 19.3. The average molecular weight is 423 g/mol. The number of nitrogens with zero attached hydrogens (tertiary/aromatic N) is 7. The summed E-state index contributed by atoms with van der Waals surface area (Å²) in [6.07, 6.45) is 1.53. The van der Waals surface area contributed by atoms with Crippen molar-refractivity contribution < 1.29 is 8.78 Å². The summed E-state index contributed by atoms with van der Waals surface area (Å²) in [5.74, 6) is 0.623. The number of alkyl halides is 2. The van der Waals surface area contributed by atoms with E-state index in [2.05, 4.69) is 31.1 Å². The van der Waals surface area contributed by atoms with Gasteiger partial charge in [0, 0.05) is 56.3 Å². The van der Waals surface area contributed by atoms with Gasteiger partial charge in [0.05, 0.1) is 5.69 Å². The van der Waals surface area contributed by atoms with Crippen LogP contribution in [0.2, 0.25) is 0 Å². The van der Waals surface area contributed by atoms with Crippen LogP contribution >= 0.6 is 0 Å². The molecule has 0 N–H and O–H groups in total. The van der Waals surface area contributed by atoms with E-state index in [4.69, 9.17) is 0 Å². The van der Waals surface area contributed by atoms with Gasteiger partial charge in [0.2, 0.25) is 0 Å². The van der Waals surface area contributed by atoms with Crippen molar-refractivity contribution in [1.82, 2.24) is 29.4 Å². The Balaban J connectivity index is 1.53. The quantitative estimate of drug-likeness (QED) is 0.504. The molecule has 8 nitrogen and oxygen atoms in total. The maximum Gasteiger partial charge on any atom is 0.280 e. The average Bonchev–Trinajstić information content (AvgIpc) is 3.18. The van der Waals surface area contributed by atoms with Gasteiger partial charge < -0.3 is 4.90 Å². The molecule has 0 aliphatic carbocycles. The number of halogens is 2. The fraction of sp³-hybridized carbons (Fsp3) is 0.286. The van der Waals surface area contributed by atoms with Crippen LogP contribution in [0.5, 0.6) is 0 Å². The molecule has 5 heterocycles. The second-order valence-corrected chi connectivity index (χ2v) is 7.58. The Morgan fingerprint density at radius 3 is 2.77 bits per heavy atom. The Morgan fingerprint density at radius 1 is 1.19 bits per heavy atom. The first-order chi connectivity index (χ1) is 14.9. The summed E-state index contributed by atoms with van der Waals surface area (Å²) in [5, 5.41) is 8.66. The van der Waals surface area contributed by atoms with Gasteiger partial charge in [-0.1, -0.05) is 0 Å². The lowest BCUT2D eigenvalue weighted by molar-refractivity contribution is 0.146. The fourth-order valence-electron chi connectivity index (χ4n) is 3.97. The van der Waals surface area contributed by atoms with E-state index < -0.39 is 17.7 Å². The van der Waals surface area contributed by atoms with Crippen molar-refractivity contribution in [2.45, 2.75) is 26.3 Å². The lowest BCUT2D eigenvalue weighted by Gasteiger charge is -2.30. The molecule has 0 bridgehead atoms. The van der Waals surface area contributed by atoms with Crippen LogP contribution in [-0.4, -0.2) is 35.9 Å². The van der Waals surface area contributed by atoms with Gasteiger partial charge in [0.25, 0.3) is 12.0 Å². The summed E-state index contributed by atoms with van der Waals surface area (Å²) in [6, 6.07) is 6.49. The van der Waals surface area contributed by atoms with E-state index in [-0.39, 0.29) is 5.65 Å². The highest BCUT2D eigenvalue weighted by molar-refractivity contribution is 5.61. The first kappa shape index (κ1) is 19.3. The topological polar surface area (TPSA) is 81.2 Å². The third-order valence-electron chi connectivity index (χ3n) is 5.51. The third-order valence-corrected chi connectivity index (χ3v) is 5.51. The van der Waals surface area contributed by atoms with E-state index in [9.17, 15) is 13.6 Å². The molecule has 0 radical (unpaired) electrons. The molecule has 31 heavy (non-hydrogen) atoms. The van der Waals surface area contributed by atoms with Crippen molar-refractivity contribution in [3.63, 3.8) is 0 Å². The van der Waals surface area contributed by atoms with Crippen molar-refractivity contribution in [2.75, 3.05) is 11.4 Å². The van der Waals surface area contributed by atoms with Crippen LogP contribution in [0.3, 0.4) is 0 Å². The number of rotatable bonds is 3. The van der Waals surface area contributed by atoms with Crippen LogP contribution in [-0.2, 0) is 20.0 Å². The lowest BCUT2D eigenvalue weighted by Crippen LogP contribution is -2.33. The third kappa shape index (κ3) is 3.33. The van der Waals surface area contributed by atoms with E-state index in [0.29, 0.717) is 18.9 Å². The minimum absolute atomic E-state index is 0.113. The van der Waals surface area contributed by atoms with Crippen molar-refractivity contribution in [3.05, 3.63) is 69.5 Å². The van der Waals surface area contributed by atoms with Crippen molar-refractivity contribution in [2.24, 2.45) is 7.05 Å². The number of fused-ring (bicyclic) bond motifs is 2. The predicted molar refractivity (Wildman–Crippen MR) is 110 cm³/mol. The molecule has 0 saturated carbocycles. The molecule has 0 fully saturated rings. The number of anilines is 1. The van der Waals surface area contributed by atoms with Gasteiger partial charge in [-0.3, -0.25) is 14.5 Å². The van der Waals surface area contributed by atoms with E-state index >= 15 is 0 Å². The first-order valence-corrected chi connectivity index (χ1v) is 9.81. The van der Waals surface area contributed by atoms with Crippen LogP contribution in [0.4, 0.5) is 14.6 Å². The molecule has 0 aromatic carbocycles. The maximum absolute atomic E-state index is 13.0. The molecule has 0 saturated heterocycles. The van der Waals surface area contributed by atoms with Crippen LogP contribution in [0.25, 0.3) is 16.9 Å². The smallest absolute Gasteiger partial charge is 0.280 e. The number of hydrogen-bond acceptors (Lipinski definition) is 6. The monoisotopic (exact) mass is 423 g/mol. The maximum atomic E-state index is 13.0. The van der Waals surface area contributed by atoms with Crippen LogP contribution < -0.4 is 10.5 Å². The van der Waals surface area contributed by atoms with Gasteiger partial charge >= 0.3 is 0 Å². The second kappa shape index (κ2) is 7.22. The number of aromatic nitrogens is 6. The van der Waals surface area contributed by atoms with Crippen molar-refractivity contribution >= 4 is 11.5 Å². The van der Waals surface area contributed by atoms with Gasteiger partial charge in [0.1, 0.15) is 5.69 Å². The van der Waals surface area contributed by atoms with E-state index in [1.54, 1.807) is 16.9 Å². The molecule has 5 rings (SSSR count). The van der Waals surface area contributed by atoms with Crippen LogP contribution in [0.15, 0.2) is 41.5 Å². The fourth-order valence-corrected chi connectivity index (χ4v) is 3.97. The minimum atomic E-state index is -2.81. The molecule has 158 valence electrons. The molecule has 0 amide bonds. The van der Waals surface area contributed by atoms with Crippen LogP contribution in [0.1, 0.15) is 28.9 Å². The lowest BCUT2D eigenvalue weighted by atomic mass is 10.0. The second-order valence-electron chi connectivity index (χ2n) is 7.58. The molecule has 0 spiro atoms. The van der Waals surface area contributed by atoms with E-state index in [1.165, 1.54) is 0 Å². The predicted octanol–water partition coefficient (Wildman–Crippen LogP) is 2.69. The Kier molecular flexibility index (Phi) is 4.49. The molecule has 0 unspecified atom stereocenters. The molecule has 4 aromatic rings. The number of aryl methyl sites for hydroxylation is 2. The molecule has 1 aliphatic heterocycles. The Morgan fingerprint density at radius 2 is 2.03 bits per heavy atom. The highest BCUT2D eigenvalue weighted by Gasteiger charge is 2.22. The van der Waals surface area contributed by atoms with Gasteiger partial charge in [-0.25, -0.2) is 13.8 Å². The Labute approximate surface area is 175 Å². The largest absolute Gasteiger partial charge is 0.350 e. The molecule has 1 aliphatic rings. The minimum Gasteiger partial charge on any atom is -0.350 e. The molecular formula is C21H19F2N7O. The zero-order valence-electron chi connectivity index (χ0n) is 17.0. The zero-order valence-corrected chi connectivity index (χ0v) is 17.0. The first-order valence-electron chi connectivity index (χ1n) is 9.81. The summed E-state index contributed by atoms with van der Waals surface area (Å²) in [7, 11) is 1.88. The molecular weight excluding hydrogens is 404 g/mol. The van der Waals surface area contributed by atoms with E-state index in [0.717, 1.165) is 45.1 Å². The van der Waals surface area contributed by atoms with Crippen LogP contribution in [0, 0.1) is 6.92 Å². The van der Waals surface area contributed by atoms with E-state index in [1.807, 2.05) is 26.2 Å². The summed E-state index contributed by atoms with van der Waals surface area (Å²) >= 11 is 0.